The van der Waals surface area contributed by atoms with Crippen LogP contribution in [0, 0.1) is 13.8 Å². The number of benzene rings is 2. The molecule has 0 radical (unpaired) electrons. The van der Waals surface area contributed by atoms with Gasteiger partial charge >= 0.3 is 5.97 Å². The molecule has 1 aromatic heterocycles. The number of carbonyl (C=O) groups is 2. The van der Waals surface area contributed by atoms with Crippen molar-refractivity contribution in [3.05, 3.63) is 82.7 Å². The second-order valence-corrected chi connectivity index (χ2v) is 6.63. The standard InChI is InChI=1S/C22H23N3O3/c1-15-20(16(2)25(23-15)19-8-6-5-7-9-19)14-24(3)21(26)17-10-12-18(13-11-17)22(27)28-4/h5-13H,14H2,1-4H3. The molecule has 0 N–H and O–H groups in total. The molecular formula is C22H23N3O3. The normalized spacial score (nSPS) is 10.6. The van der Waals surface area contributed by atoms with Gasteiger partial charge in [-0.2, -0.15) is 5.10 Å². The molecule has 6 heteroatoms. The minimum atomic E-state index is -0.424. The first-order valence-electron chi connectivity index (χ1n) is 8.96. The van der Waals surface area contributed by atoms with Crippen LogP contribution >= 0.6 is 0 Å². The first-order chi connectivity index (χ1) is 13.4. The summed E-state index contributed by atoms with van der Waals surface area (Å²) in [5.41, 5.74) is 4.83. The van der Waals surface area contributed by atoms with Crippen LogP contribution in [0.15, 0.2) is 54.6 Å². The average molecular weight is 377 g/mol. The lowest BCUT2D eigenvalue weighted by Gasteiger charge is -2.18. The summed E-state index contributed by atoms with van der Waals surface area (Å²) in [5.74, 6) is -0.547. The first-order valence-corrected chi connectivity index (χ1v) is 8.96. The van der Waals surface area contributed by atoms with Crippen molar-refractivity contribution in [1.29, 1.82) is 0 Å². The predicted octanol–water partition coefficient (Wildman–Crippen LogP) is 3.55. The van der Waals surface area contributed by atoms with Crippen LogP contribution in [-0.2, 0) is 11.3 Å². The Hall–Kier alpha value is -3.41. The zero-order chi connectivity index (χ0) is 20.3. The summed E-state index contributed by atoms with van der Waals surface area (Å²) >= 11 is 0. The van der Waals surface area contributed by atoms with E-state index in [-0.39, 0.29) is 5.91 Å². The molecule has 28 heavy (non-hydrogen) atoms. The highest BCUT2D eigenvalue weighted by atomic mass is 16.5. The van der Waals surface area contributed by atoms with Gasteiger partial charge in [-0.3, -0.25) is 4.79 Å². The predicted molar refractivity (Wildman–Crippen MR) is 107 cm³/mol. The highest BCUT2D eigenvalue weighted by molar-refractivity contribution is 5.96. The van der Waals surface area contributed by atoms with Gasteiger partial charge in [0, 0.05) is 30.4 Å². The van der Waals surface area contributed by atoms with Gasteiger partial charge in [0.2, 0.25) is 0 Å². The van der Waals surface area contributed by atoms with Crippen molar-refractivity contribution in [2.75, 3.05) is 14.2 Å². The van der Waals surface area contributed by atoms with Crippen LogP contribution in [-0.4, -0.2) is 40.7 Å². The van der Waals surface area contributed by atoms with Gasteiger partial charge in [0.25, 0.3) is 5.91 Å². The van der Waals surface area contributed by atoms with Crippen molar-refractivity contribution in [2.24, 2.45) is 0 Å². The van der Waals surface area contributed by atoms with Crippen LogP contribution in [0.4, 0.5) is 0 Å². The molecule has 0 fully saturated rings. The highest BCUT2D eigenvalue weighted by Gasteiger charge is 2.18. The first kappa shape index (κ1) is 19.4. The number of esters is 1. The van der Waals surface area contributed by atoms with Crippen LogP contribution in [0.3, 0.4) is 0 Å². The molecule has 0 aliphatic carbocycles. The third kappa shape index (κ3) is 3.81. The molecule has 0 atom stereocenters. The second-order valence-electron chi connectivity index (χ2n) is 6.63. The molecular weight excluding hydrogens is 354 g/mol. The maximum atomic E-state index is 12.8. The van der Waals surface area contributed by atoms with Gasteiger partial charge in [0.1, 0.15) is 0 Å². The lowest BCUT2D eigenvalue weighted by atomic mass is 10.1. The molecule has 2 aromatic carbocycles. The number of methoxy groups -OCH3 is 1. The maximum absolute atomic E-state index is 12.8. The molecule has 0 spiro atoms. The molecule has 1 heterocycles. The number of aryl methyl sites for hydroxylation is 1. The Balaban J connectivity index is 1.79. The maximum Gasteiger partial charge on any atom is 0.337 e. The second kappa shape index (κ2) is 8.08. The van der Waals surface area contributed by atoms with Crippen LogP contribution in [0.2, 0.25) is 0 Å². The van der Waals surface area contributed by atoms with E-state index in [9.17, 15) is 9.59 Å². The van der Waals surface area contributed by atoms with E-state index in [1.54, 1.807) is 36.2 Å². The number of amides is 1. The number of para-hydroxylation sites is 1. The quantitative estimate of drug-likeness (QED) is 0.638. The van der Waals surface area contributed by atoms with Crippen molar-refractivity contribution in [1.82, 2.24) is 14.7 Å². The Bertz CT molecular complexity index is 992. The van der Waals surface area contributed by atoms with Gasteiger partial charge in [-0.05, 0) is 50.2 Å². The number of hydrogen-bond acceptors (Lipinski definition) is 4. The number of hydrogen-bond donors (Lipinski definition) is 0. The van der Waals surface area contributed by atoms with Crippen LogP contribution < -0.4 is 0 Å². The Labute approximate surface area is 164 Å². The zero-order valence-electron chi connectivity index (χ0n) is 16.5. The molecule has 0 aliphatic heterocycles. The highest BCUT2D eigenvalue weighted by Crippen LogP contribution is 2.20. The minimum Gasteiger partial charge on any atom is -0.465 e. The van der Waals surface area contributed by atoms with Gasteiger partial charge in [-0.1, -0.05) is 18.2 Å². The summed E-state index contributed by atoms with van der Waals surface area (Å²) < 4.78 is 6.58. The summed E-state index contributed by atoms with van der Waals surface area (Å²) in [6.45, 7) is 4.40. The molecule has 0 saturated heterocycles. The molecule has 3 aromatic rings. The largest absolute Gasteiger partial charge is 0.465 e. The number of aromatic nitrogens is 2. The van der Waals surface area contributed by atoms with Crippen LogP contribution in [0.1, 0.15) is 37.7 Å². The average Bonchev–Trinajstić information content (AvgIpc) is 3.01. The van der Waals surface area contributed by atoms with Gasteiger partial charge in [-0.25, -0.2) is 9.48 Å². The van der Waals surface area contributed by atoms with Crippen molar-refractivity contribution in [2.45, 2.75) is 20.4 Å². The Morgan fingerprint density at radius 1 is 1.00 bits per heavy atom. The van der Waals surface area contributed by atoms with E-state index in [1.165, 1.54) is 7.11 Å². The summed E-state index contributed by atoms with van der Waals surface area (Å²) in [4.78, 5) is 26.0. The fourth-order valence-corrected chi connectivity index (χ4v) is 3.12. The molecule has 144 valence electrons. The number of ether oxygens (including phenoxy) is 1. The summed E-state index contributed by atoms with van der Waals surface area (Å²) in [7, 11) is 3.09. The lowest BCUT2D eigenvalue weighted by molar-refractivity contribution is 0.0600. The topological polar surface area (TPSA) is 64.4 Å². The van der Waals surface area contributed by atoms with Crippen molar-refractivity contribution in [3.8, 4) is 5.69 Å². The minimum absolute atomic E-state index is 0.123. The zero-order valence-corrected chi connectivity index (χ0v) is 16.5. The van der Waals surface area contributed by atoms with E-state index in [0.717, 1.165) is 22.6 Å². The SMILES string of the molecule is COC(=O)c1ccc(C(=O)N(C)Cc2c(C)nn(-c3ccccc3)c2C)cc1. The molecule has 6 nitrogen and oxygen atoms in total. The van der Waals surface area contributed by atoms with Gasteiger partial charge in [-0.15, -0.1) is 0 Å². The Morgan fingerprint density at radius 3 is 2.21 bits per heavy atom. The van der Waals surface area contributed by atoms with E-state index < -0.39 is 5.97 Å². The molecule has 1 amide bonds. The van der Waals surface area contributed by atoms with E-state index >= 15 is 0 Å². The van der Waals surface area contributed by atoms with E-state index in [1.807, 2.05) is 48.9 Å². The molecule has 3 rings (SSSR count). The van der Waals surface area contributed by atoms with Gasteiger partial charge < -0.3 is 9.64 Å². The smallest absolute Gasteiger partial charge is 0.337 e. The van der Waals surface area contributed by atoms with Crippen LogP contribution in [0.25, 0.3) is 5.69 Å². The molecule has 0 aliphatic rings. The fraction of sp³-hybridized carbons (Fsp3) is 0.227. The van der Waals surface area contributed by atoms with E-state index in [0.29, 0.717) is 17.7 Å². The third-order valence-corrected chi connectivity index (χ3v) is 4.74. The van der Waals surface area contributed by atoms with Crippen molar-refractivity contribution >= 4 is 11.9 Å². The fourth-order valence-electron chi connectivity index (χ4n) is 3.12. The Morgan fingerprint density at radius 2 is 1.61 bits per heavy atom. The Kier molecular flexibility index (Phi) is 5.59. The van der Waals surface area contributed by atoms with Crippen molar-refractivity contribution < 1.29 is 14.3 Å². The van der Waals surface area contributed by atoms with Crippen LogP contribution in [0.5, 0.6) is 0 Å². The van der Waals surface area contributed by atoms with Crippen molar-refractivity contribution in [3.63, 3.8) is 0 Å². The number of rotatable bonds is 5. The summed E-state index contributed by atoms with van der Waals surface area (Å²) in [6.07, 6.45) is 0. The molecule has 0 saturated carbocycles. The van der Waals surface area contributed by atoms with E-state index in [2.05, 4.69) is 9.84 Å². The third-order valence-electron chi connectivity index (χ3n) is 4.74. The summed E-state index contributed by atoms with van der Waals surface area (Å²) in [5, 5.41) is 4.63. The van der Waals surface area contributed by atoms with Gasteiger partial charge in [0.05, 0.1) is 24.1 Å². The number of nitrogens with zero attached hydrogens (tertiary/aromatic N) is 3. The molecule has 0 bridgehead atoms. The monoisotopic (exact) mass is 377 g/mol. The summed E-state index contributed by atoms with van der Waals surface area (Å²) in [6, 6.07) is 16.4. The lowest BCUT2D eigenvalue weighted by Crippen LogP contribution is -2.26. The molecule has 0 unspecified atom stereocenters. The number of carbonyl (C=O) groups excluding carboxylic acids is 2. The van der Waals surface area contributed by atoms with E-state index in [4.69, 9.17) is 0 Å². The van der Waals surface area contributed by atoms with Gasteiger partial charge in [0.15, 0.2) is 0 Å².